The van der Waals surface area contributed by atoms with E-state index in [1.807, 2.05) is 0 Å². The maximum Gasteiger partial charge on any atom is 0.337 e. The first-order valence-corrected chi connectivity index (χ1v) is 7.85. The molecule has 3 rings (SSSR count). The third kappa shape index (κ3) is 3.15. The number of esters is 1. The number of nitrogens with zero attached hydrogens (tertiary/aromatic N) is 2. The molecule has 1 aliphatic rings. The molecule has 7 heteroatoms. The van der Waals surface area contributed by atoms with Gasteiger partial charge in [0.25, 0.3) is 5.91 Å². The summed E-state index contributed by atoms with van der Waals surface area (Å²) in [6.45, 7) is 2.15. The van der Waals surface area contributed by atoms with Crippen molar-refractivity contribution in [2.24, 2.45) is 0 Å². The van der Waals surface area contributed by atoms with Gasteiger partial charge in [0.05, 0.1) is 12.7 Å². The van der Waals surface area contributed by atoms with Gasteiger partial charge in [0.2, 0.25) is 0 Å². The maximum atomic E-state index is 12.3. The van der Waals surface area contributed by atoms with E-state index < -0.39 is 11.9 Å². The normalized spacial score (nSPS) is 15.9. The Labute approximate surface area is 139 Å². The van der Waals surface area contributed by atoms with Crippen LogP contribution in [0.3, 0.4) is 0 Å². The maximum absolute atomic E-state index is 12.3. The minimum atomic E-state index is -0.524. The van der Waals surface area contributed by atoms with Crippen molar-refractivity contribution in [2.45, 2.75) is 38.0 Å². The van der Waals surface area contributed by atoms with Crippen molar-refractivity contribution < 1.29 is 18.8 Å². The van der Waals surface area contributed by atoms with Crippen LogP contribution in [0.25, 0.3) is 0 Å². The van der Waals surface area contributed by atoms with E-state index in [-0.39, 0.29) is 16.7 Å². The third-order valence-corrected chi connectivity index (χ3v) is 4.47. The van der Waals surface area contributed by atoms with E-state index in [0.717, 1.165) is 18.6 Å². The molecule has 2 aromatic heterocycles. The van der Waals surface area contributed by atoms with Crippen LogP contribution >= 0.6 is 0 Å². The highest BCUT2D eigenvalue weighted by atomic mass is 16.5. The van der Waals surface area contributed by atoms with E-state index in [1.165, 1.54) is 38.3 Å². The fraction of sp³-hybridized carbons (Fsp3) is 0.412. The quantitative estimate of drug-likeness (QED) is 0.867. The highest BCUT2D eigenvalue weighted by molar-refractivity contribution is 6.03. The Hall–Kier alpha value is -2.70. The van der Waals surface area contributed by atoms with Gasteiger partial charge in [0, 0.05) is 17.7 Å². The Kier molecular flexibility index (Phi) is 4.33. The lowest BCUT2D eigenvalue weighted by Gasteiger charge is -2.18. The Morgan fingerprint density at radius 1 is 1.29 bits per heavy atom. The monoisotopic (exact) mass is 329 g/mol. The van der Waals surface area contributed by atoms with Crippen LogP contribution in [0.5, 0.6) is 0 Å². The van der Waals surface area contributed by atoms with E-state index in [0.29, 0.717) is 5.82 Å². The molecule has 0 atom stereocenters. The van der Waals surface area contributed by atoms with Crippen LogP contribution in [0.1, 0.15) is 59.2 Å². The molecule has 2 aromatic rings. The average molecular weight is 329 g/mol. The lowest BCUT2D eigenvalue weighted by molar-refractivity contribution is 0.0600. The molecule has 0 saturated heterocycles. The second-order valence-electron chi connectivity index (χ2n) is 6.22. The third-order valence-electron chi connectivity index (χ3n) is 4.47. The summed E-state index contributed by atoms with van der Waals surface area (Å²) in [5.41, 5.74) is 0.352. The minimum absolute atomic E-state index is 0.0149. The van der Waals surface area contributed by atoms with Gasteiger partial charge in [-0.15, -0.1) is 0 Å². The molecule has 2 heterocycles. The van der Waals surface area contributed by atoms with Gasteiger partial charge in [-0.05, 0) is 25.0 Å². The molecule has 0 aliphatic heterocycles. The SMILES string of the molecule is COC(=O)c1ccnc(C(=O)Nc2cc(C3(C)CCCC3)on2)c1. The van der Waals surface area contributed by atoms with Gasteiger partial charge in [0.15, 0.2) is 5.82 Å². The summed E-state index contributed by atoms with van der Waals surface area (Å²) >= 11 is 0. The summed E-state index contributed by atoms with van der Waals surface area (Å²) in [4.78, 5) is 27.8. The molecule has 1 saturated carbocycles. The first-order chi connectivity index (χ1) is 11.5. The zero-order chi connectivity index (χ0) is 17.2. The Morgan fingerprint density at radius 2 is 2.04 bits per heavy atom. The summed E-state index contributed by atoms with van der Waals surface area (Å²) in [7, 11) is 1.28. The van der Waals surface area contributed by atoms with Crippen LogP contribution in [0.4, 0.5) is 5.82 Å². The predicted molar refractivity (Wildman–Crippen MR) is 85.9 cm³/mol. The number of hydrogen-bond donors (Lipinski definition) is 1. The summed E-state index contributed by atoms with van der Waals surface area (Å²) < 4.78 is 10.0. The number of aromatic nitrogens is 2. The molecular formula is C17H19N3O4. The minimum Gasteiger partial charge on any atom is -0.465 e. The number of carbonyl (C=O) groups excluding carboxylic acids is 2. The molecule has 0 unspecified atom stereocenters. The molecule has 1 amide bonds. The highest BCUT2D eigenvalue weighted by Gasteiger charge is 2.34. The molecule has 1 fully saturated rings. The first kappa shape index (κ1) is 16.2. The van der Waals surface area contributed by atoms with E-state index in [2.05, 4.69) is 27.1 Å². The van der Waals surface area contributed by atoms with Gasteiger partial charge in [0.1, 0.15) is 11.5 Å². The zero-order valence-corrected chi connectivity index (χ0v) is 13.7. The Balaban J connectivity index is 1.73. The summed E-state index contributed by atoms with van der Waals surface area (Å²) in [5, 5.41) is 6.56. The number of ether oxygens (including phenoxy) is 1. The summed E-state index contributed by atoms with van der Waals surface area (Å²) in [5.74, 6) is 0.140. The first-order valence-electron chi connectivity index (χ1n) is 7.85. The molecule has 0 spiro atoms. The average Bonchev–Trinajstić information content (AvgIpc) is 3.24. The van der Waals surface area contributed by atoms with E-state index in [4.69, 9.17) is 4.52 Å². The second kappa shape index (κ2) is 6.43. The van der Waals surface area contributed by atoms with Gasteiger partial charge >= 0.3 is 5.97 Å². The van der Waals surface area contributed by atoms with Crippen LogP contribution < -0.4 is 5.32 Å². The molecule has 0 bridgehead atoms. The fourth-order valence-corrected chi connectivity index (χ4v) is 3.00. The van der Waals surface area contributed by atoms with Crippen molar-refractivity contribution in [1.82, 2.24) is 10.1 Å². The molecule has 24 heavy (non-hydrogen) atoms. The predicted octanol–water partition coefficient (Wildman–Crippen LogP) is 2.94. The molecular weight excluding hydrogens is 310 g/mol. The topological polar surface area (TPSA) is 94.3 Å². The van der Waals surface area contributed by atoms with Crippen LogP contribution in [0.15, 0.2) is 28.9 Å². The van der Waals surface area contributed by atoms with Crippen molar-refractivity contribution >= 4 is 17.7 Å². The standard InChI is InChI=1S/C17H19N3O4/c1-17(6-3-4-7-17)13-10-14(20-24-13)19-15(21)12-9-11(5-8-18-12)16(22)23-2/h5,8-10H,3-4,6-7H2,1-2H3,(H,19,20,21). The van der Waals surface area contributed by atoms with Gasteiger partial charge in [-0.3, -0.25) is 9.78 Å². The lowest BCUT2D eigenvalue weighted by atomic mass is 9.86. The van der Waals surface area contributed by atoms with Crippen molar-refractivity contribution in [3.8, 4) is 0 Å². The number of amides is 1. The largest absolute Gasteiger partial charge is 0.465 e. The number of rotatable bonds is 4. The smallest absolute Gasteiger partial charge is 0.337 e. The number of anilines is 1. The number of methoxy groups -OCH3 is 1. The van der Waals surface area contributed by atoms with Gasteiger partial charge in [-0.25, -0.2) is 4.79 Å². The summed E-state index contributed by atoms with van der Waals surface area (Å²) in [6, 6.07) is 4.62. The van der Waals surface area contributed by atoms with Gasteiger partial charge in [-0.2, -0.15) is 0 Å². The van der Waals surface area contributed by atoms with E-state index in [1.54, 1.807) is 6.07 Å². The van der Waals surface area contributed by atoms with Crippen molar-refractivity contribution in [1.29, 1.82) is 0 Å². The Morgan fingerprint density at radius 3 is 2.75 bits per heavy atom. The fourth-order valence-electron chi connectivity index (χ4n) is 3.00. The number of carbonyl (C=O) groups is 2. The van der Waals surface area contributed by atoms with Crippen LogP contribution in [0, 0.1) is 0 Å². The van der Waals surface area contributed by atoms with Crippen molar-refractivity contribution in [2.75, 3.05) is 12.4 Å². The number of hydrogen-bond acceptors (Lipinski definition) is 6. The molecule has 0 aromatic carbocycles. The molecule has 126 valence electrons. The van der Waals surface area contributed by atoms with Crippen LogP contribution in [-0.4, -0.2) is 29.1 Å². The number of nitrogens with one attached hydrogen (secondary N) is 1. The van der Waals surface area contributed by atoms with E-state index >= 15 is 0 Å². The highest BCUT2D eigenvalue weighted by Crippen LogP contribution is 2.41. The Bertz CT molecular complexity index is 763. The molecule has 0 radical (unpaired) electrons. The van der Waals surface area contributed by atoms with Gasteiger partial charge < -0.3 is 14.6 Å². The molecule has 1 aliphatic carbocycles. The van der Waals surface area contributed by atoms with Crippen LogP contribution in [0.2, 0.25) is 0 Å². The molecule has 7 nitrogen and oxygen atoms in total. The second-order valence-corrected chi connectivity index (χ2v) is 6.22. The zero-order valence-electron chi connectivity index (χ0n) is 13.7. The lowest BCUT2D eigenvalue weighted by Crippen LogP contribution is -2.16. The van der Waals surface area contributed by atoms with Crippen molar-refractivity contribution in [3.05, 3.63) is 41.4 Å². The van der Waals surface area contributed by atoms with Crippen molar-refractivity contribution in [3.63, 3.8) is 0 Å². The number of pyridine rings is 1. The van der Waals surface area contributed by atoms with Crippen LogP contribution in [-0.2, 0) is 10.2 Å². The molecule has 1 N–H and O–H groups in total. The summed E-state index contributed by atoms with van der Waals surface area (Å²) in [6.07, 6.45) is 5.83. The van der Waals surface area contributed by atoms with E-state index in [9.17, 15) is 9.59 Å². The van der Waals surface area contributed by atoms with Gasteiger partial charge in [-0.1, -0.05) is 24.9 Å².